The Bertz CT molecular complexity index is 95.8. The highest BCUT2D eigenvalue weighted by Crippen LogP contribution is 1.88. The fourth-order valence-corrected chi connectivity index (χ4v) is 0.339. The Kier molecular flexibility index (Phi) is 5.02. The van der Waals surface area contributed by atoms with Crippen molar-refractivity contribution in [2.75, 3.05) is 6.79 Å². The van der Waals surface area contributed by atoms with Crippen molar-refractivity contribution in [2.24, 2.45) is 5.73 Å². The van der Waals surface area contributed by atoms with Gasteiger partial charge in [0.15, 0.2) is 0 Å². The summed E-state index contributed by atoms with van der Waals surface area (Å²) in [6.45, 7) is 1.51. The molecule has 0 saturated heterocycles. The average Bonchev–Trinajstić information content (AvgIpc) is 1.82. The van der Waals surface area contributed by atoms with Gasteiger partial charge < -0.3 is 10.5 Å². The van der Waals surface area contributed by atoms with Gasteiger partial charge in [-0.3, -0.25) is 7.86 Å². The monoisotopic (exact) mass is 245 g/mol. The molecule has 0 aromatic heterocycles. The van der Waals surface area contributed by atoms with Crippen molar-refractivity contribution in [3.05, 3.63) is 0 Å². The van der Waals surface area contributed by atoms with E-state index in [4.69, 9.17) is 5.73 Å². The molecule has 0 amide bonds. The van der Waals surface area contributed by atoms with Crippen LogP contribution in [0.1, 0.15) is 6.92 Å². The molecule has 5 heteroatoms. The Balaban J connectivity index is 3.28. The van der Waals surface area contributed by atoms with Crippen LogP contribution in [0.3, 0.4) is 0 Å². The predicted octanol–water partition coefficient (Wildman–Crippen LogP) is 0.201. The molecule has 0 aromatic rings. The van der Waals surface area contributed by atoms with Crippen molar-refractivity contribution in [1.29, 1.82) is 0 Å². The molecule has 9 heavy (non-hydrogen) atoms. The zero-order valence-electron chi connectivity index (χ0n) is 4.96. The molecule has 0 rings (SSSR count). The van der Waals surface area contributed by atoms with Gasteiger partial charge in [0, 0.05) is 0 Å². The molecule has 0 aliphatic rings. The lowest BCUT2D eigenvalue weighted by Gasteiger charge is -2.03. The fraction of sp³-hybridized carbons (Fsp3) is 0.750. The van der Waals surface area contributed by atoms with Gasteiger partial charge in [-0.2, -0.15) is 0 Å². The molecule has 4 nitrogen and oxygen atoms in total. The van der Waals surface area contributed by atoms with Gasteiger partial charge in [0.2, 0.25) is 6.79 Å². The van der Waals surface area contributed by atoms with Gasteiger partial charge in [-0.15, -0.1) is 0 Å². The van der Waals surface area contributed by atoms with Gasteiger partial charge in [-0.05, 0) is 6.92 Å². The highest BCUT2D eigenvalue weighted by Gasteiger charge is 2.06. The minimum Gasteiger partial charge on any atom is -0.436 e. The van der Waals surface area contributed by atoms with Crippen LogP contribution in [-0.4, -0.2) is 18.8 Å². The Morgan fingerprint density at radius 2 is 2.44 bits per heavy atom. The van der Waals surface area contributed by atoms with Gasteiger partial charge in [0.1, 0.15) is 29.0 Å². The Morgan fingerprint density at radius 3 is 2.78 bits per heavy atom. The minimum atomic E-state index is -0.573. The number of nitrogens with two attached hydrogens (primary N) is 1. The van der Waals surface area contributed by atoms with E-state index in [1.54, 1.807) is 29.9 Å². The van der Waals surface area contributed by atoms with Crippen molar-refractivity contribution < 1.29 is 12.6 Å². The fourth-order valence-electron chi connectivity index (χ4n) is 0.212. The van der Waals surface area contributed by atoms with E-state index in [1.165, 1.54) is 0 Å². The molecular weight excluding hydrogens is 237 g/mol. The van der Waals surface area contributed by atoms with Crippen LogP contribution in [-0.2, 0) is 12.6 Å². The first kappa shape index (κ1) is 9.12. The smallest absolute Gasteiger partial charge is 0.324 e. The van der Waals surface area contributed by atoms with E-state index in [-0.39, 0.29) is 6.79 Å². The normalized spacial score (nSPS) is 12.8. The van der Waals surface area contributed by atoms with Crippen LogP contribution in [0.15, 0.2) is 0 Å². The molecule has 0 bridgehead atoms. The van der Waals surface area contributed by atoms with Gasteiger partial charge in [0.25, 0.3) is 0 Å². The number of hydrogen-bond donors (Lipinski definition) is 1. The van der Waals surface area contributed by atoms with E-state index in [0.29, 0.717) is 0 Å². The van der Waals surface area contributed by atoms with E-state index in [1.807, 2.05) is 0 Å². The molecule has 0 radical (unpaired) electrons. The number of esters is 1. The molecule has 0 aliphatic carbocycles. The zero-order chi connectivity index (χ0) is 7.28. The summed E-state index contributed by atoms with van der Waals surface area (Å²) < 4.78 is 8.89. The third-order valence-electron chi connectivity index (χ3n) is 0.618. The van der Waals surface area contributed by atoms with Gasteiger partial charge in [-0.1, -0.05) is 0 Å². The third kappa shape index (κ3) is 4.61. The molecule has 0 spiro atoms. The summed E-state index contributed by atoms with van der Waals surface area (Å²) in [4.78, 5) is 10.5. The zero-order valence-corrected chi connectivity index (χ0v) is 7.12. The second-order valence-electron chi connectivity index (χ2n) is 1.48. The van der Waals surface area contributed by atoms with E-state index >= 15 is 0 Å². The van der Waals surface area contributed by atoms with Crippen LogP contribution in [0.5, 0.6) is 0 Å². The number of carbonyl (C=O) groups excluding carboxylic acids is 1. The van der Waals surface area contributed by atoms with Crippen LogP contribution in [0.25, 0.3) is 0 Å². The lowest BCUT2D eigenvalue weighted by molar-refractivity contribution is -0.149. The molecule has 54 valence electrons. The molecule has 0 fully saturated rings. The SMILES string of the molecule is CC(N)C(=O)OCOI. The quantitative estimate of drug-likeness (QED) is 0.438. The standard InChI is InChI=1S/C4H8INO3/c1-3(6)4(7)8-2-9-5/h3H,2,6H2,1H3. The highest BCUT2D eigenvalue weighted by atomic mass is 127. The first-order valence-electron chi connectivity index (χ1n) is 2.34. The summed E-state index contributed by atoms with van der Waals surface area (Å²) in [6.07, 6.45) is 0. The van der Waals surface area contributed by atoms with E-state index in [2.05, 4.69) is 7.80 Å². The molecule has 0 saturated carbocycles. The van der Waals surface area contributed by atoms with E-state index < -0.39 is 12.0 Å². The third-order valence-corrected chi connectivity index (χ3v) is 0.872. The Labute approximate surface area is 67.4 Å². The number of rotatable bonds is 3. The van der Waals surface area contributed by atoms with Crippen LogP contribution in [0.2, 0.25) is 0 Å². The lowest BCUT2D eigenvalue weighted by atomic mass is 10.4. The van der Waals surface area contributed by atoms with Crippen molar-refractivity contribution in [2.45, 2.75) is 13.0 Å². The molecular formula is C4H8INO3. The second-order valence-corrected chi connectivity index (χ2v) is 2.10. The summed E-state index contributed by atoms with van der Waals surface area (Å²) in [5.74, 6) is -0.452. The number of ether oxygens (including phenoxy) is 1. The van der Waals surface area contributed by atoms with Gasteiger partial charge in [-0.25, -0.2) is 0 Å². The summed E-state index contributed by atoms with van der Waals surface area (Å²) in [5, 5.41) is 0. The molecule has 1 atom stereocenters. The van der Waals surface area contributed by atoms with Crippen molar-refractivity contribution >= 4 is 29.0 Å². The minimum absolute atomic E-state index is 0.0407. The highest BCUT2D eigenvalue weighted by molar-refractivity contribution is 14.1. The van der Waals surface area contributed by atoms with Crippen LogP contribution in [0.4, 0.5) is 0 Å². The summed E-state index contributed by atoms with van der Waals surface area (Å²) >= 11 is 1.63. The second kappa shape index (κ2) is 4.95. The maximum absolute atomic E-state index is 10.5. The maximum atomic E-state index is 10.5. The largest absolute Gasteiger partial charge is 0.436 e. The maximum Gasteiger partial charge on any atom is 0.324 e. The first-order chi connectivity index (χ1) is 4.18. The molecule has 0 aromatic carbocycles. The number of carbonyl (C=O) groups is 1. The van der Waals surface area contributed by atoms with E-state index in [0.717, 1.165) is 0 Å². The molecule has 1 unspecified atom stereocenters. The summed E-state index contributed by atoms with van der Waals surface area (Å²) in [7, 11) is 0. The van der Waals surface area contributed by atoms with Crippen LogP contribution < -0.4 is 5.73 Å². The topological polar surface area (TPSA) is 61.6 Å². The predicted molar refractivity (Wildman–Crippen MR) is 39.7 cm³/mol. The average molecular weight is 245 g/mol. The van der Waals surface area contributed by atoms with Gasteiger partial charge in [0.05, 0.1) is 0 Å². The van der Waals surface area contributed by atoms with Crippen molar-refractivity contribution in [3.63, 3.8) is 0 Å². The first-order valence-corrected chi connectivity index (χ1v) is 3.22. The van der Waals surface area contributed by atoms with Crippen LogP contribution in [0, 0.1) is 0 Å². The molecule has 2 N–H and O–H groups in total. The van der Waals surface area contributed by atoms with Gasteiger partial charge >= 0.3 is 5.97 Å². The molecule has 0 aliphatic heterocycles. The van der Waals surface area contributed by atoms with E-state index in [9.17, 15) is 4.79 Å². The Morgan fingerprint density at radius 1 is 1.89 bits per heavy atom. The van der Waals surface area contributed by atoms with Crippen molar-refractivity contribution in [1.82, 2.24) is 0 Å². The Hall–Kier alpha value is 0.120. The molecule has 0 heterocycles. The number of halogens is 1. The van der Waals surface area contributed by atoms with Crippen LogP contribution >= 0.6 is 23.0 Å². The summed E-state index contributed by atoms with van der Waals surface area (Å²) in [5.41, 5.74) is 5.14. The lowest BCUT2D eigenvalue weighted by Crippen LogP contribution is -2.28. The van der Waals surface area contributed by atoms with Crippen molar-refractivity contribution in [3.8, 4) is 0 Å². The summed E-state index contributed by atoms with van der Waals surface area (Å²) in [6, 6.07) is -0.573. The number of hydrogen-bond acceptors (Lipinski definition) is 4.